The average molecular weight is 1650 g/mol. The molecule has 29 heteroatoms. The molecule has 4 saturated heterocycles. The van der Waals surface area contributed by atoms with Crippen LogP contribution >= 0.6 is 11.6 Å². The van der Waals surface area contributed by atoms with Crippen LogP contribution in [0, 0.1) is 39.3 Å². The third-order valence-electron chi connectivity index (χ3n) is 23.6. The zero-order chi connectivity index (χ0) is 84.5. The van der Waals surface area contributed by atoms with Gasteiger partial charge in [-0.1, -0.05) is 11.6 Å². The molecule has 1 N–H and O–H groups in total. The van der Waals surface area contributed by atoms with Crippen molar-refractivity contribution < 1.29 is 27.7 Å². The van der Waals surface area contributed by atoms with Crippen LogP contribution in [0.4, 0.5) is 31.5 Å². The number of piperazine rings is 2. The number of benzene rings is 3. The molecule has 26 nitrogen and oxygen atoms in total. The van der Waals surface area contributed by atoms with Gasteiger partial charge in [0.2, 0.25) is 0 Å². The van der Waals surface area contributed by atoms with Crippen LogP contribution in [-0.4, -0.2) is 214 Å². The molecule has 1 atom stereocenters. The molecule has 14 heterocycles. The molecule has 0 unspecified atom stereocenters. The zero-order valence-corrected chi connectivity index (χ0v) is 71.0. The maximum atomic E-state index is 14.1. The monoisotopic (exact) mass is 1650 g/mol. The highest BCUT2D eigenvalue weighted by atomic mass is 35.5. The summed E-state index contributed by atoms with van der Waals surface area (Å²) in [6, 6.07) is 35.3. The third kappa shape index (κ3) is 18.2. The van der Waals surface area contributed by atoms with Crippen molar-refractivity contribution in [3.63, 3.8) is 0 Å². The number of aryl methyl sites for hydroxylation is 4. The number of anilines is 4. The Labute approximate surface area is 700 Å². The molecule has 4 aliphatic heterocycles. The normalized spacial score (nSPS) is 16.4. The van der Waals surface area contributed by atoms with Gasteiger partial charge in [-0.25, -0.2) is 33.7 Å². The van der Waals surface area contributed by atoms with E-state index >= 15 is 0 Å². The fourth-order valence-electron chi connectivity index (χ4n) is 16.3. The van der Waals surface area contributed by atoms with Crippen molar-refractivity contribution in [1.29, 1.82) is 0 Å². The SMILES string of the molecule is COc1ccc(-c2cc(=O)n3cc(N4CCC(N(C)C)CC4)cc(C)c3n2)cc1F.COc1ccc(-c2cc(=O)n3cc(N4CCC(NC5CC5)CC4)cc(C)c3n2)cc1OC.COc1ccc(-c2cc(=O)n3cc(N4CCN(C)CC4)cc(C)c3n2)cc1F.Cc1cn2cc(-c3cc(=O)n4cc(N5CCN(C)[C@@H](C)C5)ccc4n3)cc(Cl)c2n1. The Kier molecular flexibility index (Phi) is 24.7. The third-order valence-corrected chi connectivity index (χ3v) is 23.9. The van der Waals surface area contributed by atoms with E-state index in [0.717, 1.165) is 160 Å². The summed E-state index contributed by atoms with van der Waals surface area (Å²) >= 11 is 6.41. The molecular weight excluding hydrogens is 1550 g/mol. The Hall–Kier alpha value is -11.8. The molecule has 0 amide bonds. The average Bonchev–Trinajstić information content (AvgIpc) is 0.895. The highest BCUT2D eigenvalue weighted by Gasteiger charge is 2.29. The van der Waals surface area contributed by atoms with Gasteiger partial charge in [-0.15, -0.1) is 0 Å². The number of fused-ring (bicyclic) bond motifs is 5. The Morgan fingerprint density at radius 2 is 0.850 bits per heavy atom. The maximum Gasteiger partial charge on any atom is 0.258 e. The first-order chi connectivity index (χ1) is 57.8. The molecule has 5 aliphatic rings. The molecule has 0 radical (unpaired) electrons. The second kappa shape index (κ2) is 35.6. The molecule has 3 aromatic carbocycles. The number of aromatic nitrogens is 10. The van der Waals surface area contributed by atoms with Crippen LogP contribution in [0.2, 0.25) is 5.02 Å². The van der Waals surface area contributed by atoms with Crippen molar-refractivity contribution in [2.24, 2.45) is 0 Å². The lowest BCUT2D eigenvalue weighted by atomic mass is 10.0. The summed E-state index contributed by atoms with van der Waals surface area (Å²) in [6.45, 7) is 20.7. The van der Waals surface area contributed by atoms with Crippen molar-refractivity contribution in [1.82, 2.24) is 66.9 Å². The van der Waals surface area contributed by atoms with E-state index in [1.54, 1.807) is 62.2 Å². The van der Waals surface area contributed by atoms with Crippen molar-refractivity contribution in [2.75, 3.05) is 148 Å². The molecule has 1 aliphatic carbocycles. The molecular formula is C91H103ClF2N18O8. The van der Waals surface area contributed by atoms with Gasteiger partial charge in [0.15, 0.2) is 40.3 Å². The standard InChI is InChI=1S/C25H30N4O3.C23H27FN4O2.C22H23ClN6O.C21H23FN4O2/c1-16-12-20(28-10-8-19(9-11-28)26-18-5-6-18)15-29-24(30)14-21(27-25(16)29)17-4-7-22(31-2)23(13-17)32-3;1-15-11-18(27-9-7-17(8-10-27)26(2)3)14-28-22(29)13-20(25-23(15)28)16-5-6-21(30-4)19(24)12-16;1-14-10-28-12-16(8-18(23)22(28)24-14)19-9-21(30)29-13-17(4-5-20(29)25-19)27-7-6-26(3)15(2)11-27;1-14-10-16(25-8-6-24(2)7-9-25)13-26-20(27)12-18(23-21(14)26)15-4-5-19(28-3)17(22)11-15/h4,7,12-15,18-19,26H,5-6,8-11H2,1-3H3;5-6,11-14,17H,7-10H2,1-4H3;4-5,8-10,12-13,15H,6-7,11H2,1-3H3;4-5,10-13H,6-9H2,1-3H3/t;;15-;/m..0./s1. The van der Waals surface area contributed by atoms with Gasteiger partial charge in [0, 0.05) is 180 Å². The minimum atomic E-state index is -0.482. The van der Waals surface area contributed by atoms with Gasteiger partial charge in [0.05, 0.1) is 84.7 Å². The van der Waals surface area contributed by atoms with Gasteiger partial charge >= 0.3 is 0 Å². The van der Waals surface area contributed by atoms with Crippen LogP contribution in [0.1, 0.15) is 67.8 Å². The highest BCUT2D eigenvalue weighted by molar-refractivity contribution is 6.33. The lowest BCUT2D eigenvalue weighted by Gasteiger charge is -2.39. The first-order valence-corrected chi connectivity index (χ1v) is 41.2. The van der Waals surface area contributed by atoms with E-state index in [2.05, 4.69) is 108 Å². The summed E-state index contributed by atoms with van der Waals surface area (Å²) < 4.78 is 57.2. The quantitative estimate of drug-likeness (QED) is 0.101. The number of methoxy groups -OCH3 is 4. The zero-order valence-electron chi connectivity index (χ0n) is 70.3. The van der Waals surface area contributed by atoms with Gasteiger partial charge in [-0.3, -0.25) is 36.8 Å². The summed E-state index contributed by atoms with van der Waals surface area (Å²) in [6.07, 6.45) is 18.5. The predicted molar refractivity (Wildman–Crippen MR) is 471 cm³/mol. The Morgan fingerprint density at radius 1 is 0.417 bits per heavy atom. The second-order valence-corrected chi connectivity index (χ2v) is 32.6. The van der Waals surface area contributed by atoms with Crippen molar-refractivity contribution in [3.05, 3.63) is 233 Å². The van der Waals surface area contributed by atoms with Crippen LogP contribution in [-0.2, 0) is 0 Å². The highest BCUT2D eigenvalue weighted by Crippen LogP contribution is 2.35. The predicted octanol–water partition coefficient (Wildman–Crippen LogP) is 12.4. The number of hydrogen-bond donors (Lipinski definition) is 1. The molecule has 120 heavy (non-hydrogen) atoms. The topological polar surface area (TPSA) is 226 Å². The molecule has 0 bridgehead atoms. The number of pyridine rings is 5. The molecule has 5 fully saturated rings. The Bertz CT molecular complexity index is 6240. The van der Waals surface area contributed by atoms with Crippen LogP contribution in [0.5, 0.6) is 23.0 Å². The number of hydrogen-bond acceptors (Lipinski definition) is 21. The minimum Gasteiger partial charge on any atom is -0.494 e. The van der Waals surface area contributed by atoms with Crippen molar-refractivity contribution in [3.8, 4) is 68.0 Å². The summed E-state index contributed by atoms with van der Waals surface area (Å²) in [4.78, 5) is 91.1. The number of rotatable bonds is 15. The second-order valence-electron chi connectivity index (χ2n) is 32.2. The maximum absolute atomic E-state index is 14.1. The molecule has 10 aromatic heterocycles. The number of nitrogens with zero attached hydrogens (tertiary/aromatic N) is 17. The minimum absolute atomic E-state index is 0.0879. The number of nitrogens with one attached hydrogen (secondary N) is 1. The largest absolute Gasteiger partial charge is 0.494 e. The summed E-state index contributed by atoms with van der Waals surface area (Å²) in [5.41, 5.74) is 15.2. The van der Waals surface area contributed by atoms with Crippen LogP contribution in [0.25, 0.3) is 73.3 Å². The Balaban J connectivity index is 0.000000125. The number of imidazole rings is 1. The fourth-order valence-corrected chi connectivity index (χ4v) is 16.5. The number of ether oxygens (including phenoxy) is 4. The fraction of sp³-hybridized carbons (Fsp3) is 0.374. The molecule has 0 spiro atoms. The lowest BCUT2D eigenvalue weighted by molar-refractivity contribution is 0.234. The van der Waals surface area contributed by atoms with E-state index in [4.69, 9.17) is 40.5 Å². The summed E-state index contributed by atoms with van der Waals surface area (Å²) in [5, 5.41) is 4.27. The number of halogens is 3. The molecule has 13 aromatic rings. The van der Waals surface area contributed by atoms with E-state index in [1.807, 2.05) is 106 Å². The smallest absolute Gasteiger partial charge is 0.258 e. The number of piperidine rings is 2. The van der Waals surface area contributed by atoms with Gasteiger partial charge in [-0.05, 0) is 209 Å². The van der Waals surface area contributed by atoms with E-state index in [1.165, 1.54) is 57.4 Å². The van der Waals surface area contributed by atoms with E-state index in [0.29, 0.717) is 96.8 Å². The van der Waals surface area contributed by atoms with E-state index < -0.39 is 11.6 Å². The number of likely N-dealkylation sites (N-methyl/N-ethyl adjacent to an activating group) is 2. The van der Waals surface area contributed by atoms with Gasteiger partial charge < -0.3 is 63.0 Å². The molecule has 18 rings (SSSR count). The lowest BCUT2D eigenvalue weighted by Crippen LogP contribution is -2.50. The van der Waals surface area contributed by atoms with E-state index in [-0.39, 0.29) is 33.7 Å². The summed E-state index contributed by atoms with van der Waals surface area (Å²) in [7, 11) is 14.5. The van der Waals surface area contributed by atoms with Gasteiger partial charge in [0.25, 0.3) is 22.2 Å². The van der Waals surface area contributed by atoms with Gasteiger partial charge in [0.1, 0.15) is 22.6 Å². The van der Waals surface area contributed by atoms with Crippen LogP contribution in [0.3, 0.4) is 0 Å². The summed E-state index contributed by atoms with van der Waals surface area (Å²) in [5.74, 6) is 0.614. The van der Waals surface area contributed by atoms with E-state index in [9.17, 15) is 28.0 Å². The van der Waals surface area contributed by atoms with Gasteiger partial charge in [-0.2, -0.15) is 0 Å². The molecule has 1 saturated carbocycles. The van der Waals surface area contributed by atoms with Crippen LogP contribution in [0.15, 0.2) is 172 Å². The van der Waals surface area contributed by atoms with Crippen LogP contribution < -0.4 is 66.1 Å². The van der Waals surface area contributed by atoms with Crippen molar-refractivity contribution in [2.45, 2.75) is 97.3 Å². The molecule has 626 valence electrons. The van der Waals surface area contributed by atoms with Crippen molar-refractivity contribution >= 4 is 62.6 Å². The first kappa shape index (κ1) is 83.2. The first-order valence-electron chi connectivity index (χ1n) is 40.8. The Morgan fingerprint density at radius 3 is 1.32 bits per heavy atom.